The Hall–Kier alpha value is -2.02. The van der Waals surface area contributed by atoms with Crippen LogP contribution >= 0.6 is 0 Å². The number of nitrogens with zero attached hydrogens (tertiary/aromatic N) is 5. The minimum Gasteiger partial charge on any atom is -0.382 e. The van der Waals surface area contributed by atoms with Gasteiger partial charge in [-0.15, -0.1) is 0 Å². The van der Waals surface area contributed by atoms with Crippen LogP contribution in [0, 0.1) is 0 Å². The van der Waals surface area contributed by atoms with Crippen molar-refractivity contribution in [2.24, 2.45) is 0 Å². The highest BCUT2D eigenvalue weighted by molar-refractivity contribution is 5.83. The number of anilines is 2. The number of nitrogen functional groups attached to an aromatic ring is 1. The van der Waals surface area contributed by atoms with E-state index in [1.807, 2.05) is 0 Å². The molecule has 4 rings (SSSR count). The van der Waals surface area contributed by atoms with E-state index in [1.165, 1.54) is 6.33 Å². The van der Waals surface area contributed by atoms with Gasteiger partial charge in [-0.2, -0.15) is 0 Å². The third kappa shape index (κ3) is 1.48. The Morgan fingerprint density at radius 3 is 2.95 bits per heavy atom. The van der Waals surface area contributed by atoms with E-state index in [9.17, 15) is 0 Å². The van der Waals surface area contributed by atoms with Gasteiger partial charge in [0.1, 0.15) is 17.4 Å². The lowest BCUT2D eigenvalue weighted by Crippen LogP contribution is -2.59. The number of ether oxygens (including phenoxy) is 1. The average Bonchev–Trinajstić information content (AvgIpc) is 2.83. The number of hydrogen-bond acceptors (Lipinski definition) is 7. The Labute approximate surface area is 109 Å². The van der Waals surface area contributed by atoms with Gasteiger partial charge in [0, 0.05) is 6.54 Å². The second kappa shape index (κ2) is 3.74. The predicted molar refractivity (Wildman–Crippen MR) is 69.7 cm³/mol. The lowest BCUT2D eigenvalue weighted by molar-refractivity contribution is -0.0510. The Morgan fingerprint density at radius 2 is 2.16 bits per heavy atom. The highest BCUT2D eigenvalue weighted by Crippen LogP contribution is 2.38. The molecule has 4 heterocycles. The smallest absolute Gasteiger partial charge is 0.226 e. The van der Waals surface area contributed by atoms with Crippen molar-refractivity contribution in [3.05, 3.63) is 12.5 Å². The van der Waals surface area contributed by atoms with Crippen LogP contribution in [0.25, 0.3) is 11.0 Å². The molecule has 0 amide bonds. The van der Waals surface area contributed by atoms with Crippen LogP contribution in [0.5, 0.6) is 0 Å². The largest absolute Gasteiger partial charge is 0.382 e. The van der Waals surface area contributed by atoms with E-state index in [2.05, 4.69) is 24.8 Å². The van der Waals surface area contributed by atoms with E-state index in [4.69, 9.17) is 10.5 Å². The fraction of sp³-hybridized carbons (Fsp3) is 0.500. The molecule has 0 aromatic carbocycles. The number of rotatable bonds is 1. The maximum absolute atomic E-state index is 5.85. The summed E-state index contributed by atoms with van der Waals surface area (Å²) in [6.45, 7) is 2.48. The van der Waals surface area contributed by atoms with Crippen LogP contribution in [0.15, 0.2) is 12.5 Å². The lowest BCUT2D eigenvalue weighted by atomic mass is 9.94. The van der Waals surface area contributed by atoms with Gasteiger partial charge in [-0.1, -0.05) is 0 Å². The summed E-state index contributed by atoms with van der Waals surface area (Å²) in [6.07, 6.45) is 5.42. The van der Waals surface area contributed by atoms with Gasteiger partial charge in [0.05, 0.1) is 24.9 Å². The molecule has 2 fully saturated rings. The molecule has 0 radical (unpaired) electrons. The van der Waals surface area contributed by atoms with Crippen molar-refractivity contribution in [2.75, 3.05) is 30.4 Å². The molecule has 19 heavy (non-hydrogen) atoms. The molecule has 1 spiro atoms. The van der Waals surface area contributed by atoms with Crippen LogP contribution < -0.4 is 10.6 Å². The Balaban J connectivity index is 1.81. The van der Waals surface area contributed by atoms with E-state index >= 15 is 0 Å². The predicted octanol–water partition coefficient (Wildman–Crippen LogP) is 0.371. The zero-order valence-corrected chi connectivity index (χ0v) is 10.4. The molecule has 2 aromatic rings. The van der Waals surface area contributed by atoms with Crippen LogP contribution in [0.1, 0.15) is 12.8 Å². The monoisotopic (exact) mass is 258 g/mol. The number of nitrogens with two attached hydrogens (primary N) is 1. The molecule has 0 atom stereocenters. The van der Waals surface area contributed by atoms with Crippen molar-refractivity contribution in [2.45, 2.75) is 18.4 Å². The van der Waals surface area contributed by atoms with Crippen molar-refractivity contribution in [3.8, 4) is 0 Å². The van der Waals surface area contributed by atoms with E-state index in [1.54, 1.807) is 6.20 Å². The van der Waals surface area contributed by atoms with Gasteiger partial charge >= 0.3 is 0 Å². The molecule has 2 aromatic heterocycles. The topological polar surface area (TPSA) is 90.0 Å². The first-order chi connectivity index (χ1) is 9.28. The van der Waals surface area contributed by atoms with Crippen LogP contribution in [0.3, 0.4) is 0 Å². The summed E-state index contributed by atoms with van der Waals surface area (Å²) >= 11 is 0. The van der Waals surface area contributed by atoms with Crippen LogP contribution in [0.4, 0.5) is 11.8 Å². The summed E-state index contributed by atoms with van der Waals surface area (Å²) in [6, 6.07) is 0. The molecule has 7 heteroatoms. The van der Waals surface area contributed by atoms with Crippen molar-refractivity contribution in [3.63, 3.8) is 0 Å². The van der Waals surface area contributed by atoms with Gasteiger partial charge < -0.3 is 15.4 Å². The summed E-state index contributed by atoms with van der Waals surface area (Å²) in [5.74, 6) is 1.10. The van der Waals surface area contributed by atoms with E-state index in [0.29, 0.717) is 22.8 Å². The maximum atomic E-state index is 5.85. The maximum Gasteiger partial charge on any atom is 0.226 e. The molecule has 0 aliphatic carbocycles. The molecule has 2 aliphatic heterocycles. The third-order valence-electron chi connectivity index (χ3n) is 3.97. The van der Waals surface area contributed by atoms with Gasteiger partial charge in [0.15, 0.2) is 5.82 Å². The number of hydrogen-bond donors (Lipinski definition) is 1. The van der Waals surface area contributed by atoms with Crippen molar-refractivity contribution in [1.29, 1.82) is 0 Å². The molecule has 0 bridgehead atoms. The quantitative estimate of drug-likeness (QED) is 0.790. The molecule has 2 saturated heterocycles. The summed E-state index contributed by atoms with van der Waals surface area (Å²) < 4.78 is 5.38. The lowest BCUT2D eigenvalue weighted by Gasteiger charge is -2.45. The van der Waals surface area contributed by atoms with Crippen LogP contribution in [0.2, 0.25) is 0 Å². The van der Waals surface area contributed by atoms with E-state index in [-0.39, 0.29) is 5.54 Å². The molecule has 98 valence electrons. The fourth-order valence-corrected chi connectivity index (χ4v) is 2.88. The molecule has 0 saturated carbocycles. The van der Waals surface area contributed by atoms with E-state index < -0.39 is 0 Å². The summed E-state index contributed by atoms with van der Waals surface area (Å²) in [5.41, 5.74) is 7.24. The molecule has 7 nitrogen and oxygen atoms in total. The SMILES string of the molecule is Nc1ncnc2cnc(N3CCCC34COC4)nc12. The zero-order chi connectivity index (χ0) is 12.9. The number of aromatic nitrogens is 4. The third-order valence-corrected chi connectivity index (χ3v) is 3.97. The fourth-order valence-electron chi connectivity index (χ4n) is 2.88. The first kappa shape index (κ1) is 10.9. The summed E-state index contributed by atoms with van der Waals surface area (Å²) in [4.78, 5) is 19.3. The minimum absolute atomic E-state index is 0.0953. The normalized spacial score (nSPS) is 20.9. The summed E-state index contributed by atoms with van der Waals surface area (Å²) in [7, 11) is 0. The van der Waals surface area contributed by atoms with Gasteiger partial charge in [-0.3, -0.25) is 0 Å². The highest BCUT2D eigenvalue weighted by atomic mass is 16.5. The van der Waals surface area contributed by atoms with Gasteiger partial charge in [0.2, 0.25) is 5.95 Å². The van der Waals surface area contributed by atoms with Crippen LogP contribution in [-0.2, 0) is 4.74 Å². The Kier molecular flexibility index (Phi) is 2.14. The minimum atomic E-state index is 0.0953. The standard InChI is InChI=1S/C12H14N6O/c13-10-9-8(15-7-16-10)4-14-11(17-9)18-3-1-2-12(18)5-19-6-12/h4,7H,1-3,5-6H2,(H2,13,15,16). The second-order valence-corrected chi connectivity index (χ2v) is 5.14. The van der Waals surface area contributed by atoms with Gasteiger partial charge in [-0.05, 0) is 12.8 Å². The molecule has 2 aliphatic rings. The average molecular weight is 258 g/mol. The number of fused-ring (bicyclic) bond motifs is 1. The van der Waals surface area contributed by atoms with Crippen molar-refractivity contribution >= 4 is 22.8 Å². The van der Waals surface area contributed by atoms with Gasteiger partial charge in [-0.25, -0.2) is 19.9 Å². The molecule has 0 unspecified atom stereocenters. The van der Waals surface area contributed by atoms with Crippen LogP contribution in [-0.4, -0.2) is 45.2 Å². The molecular weight excluding hydrogens is 244 g/mol. The second-order valence-electron chi connectivity index (χ2n) is 5.14. The summed E-state index contributed by atoms with van der Waals surface area (Å²) in [5, 5.41) is 0. The van der Waals surface area contributed by atoms with E-state index in [0.717, 1.165) is 32.6 Å². The Morgan fingerprint density at radius 1 is 1.26 bits per heavy atom. The zero-order valence-electron chi connectivity index (χ0n) is 10.4. The Bertz CT molecular complexity index is 641. The first-order valence-corrected chi connectivity index (χ1v) is 6.37. The first-order valence-electron chi connectivity index (χ1n) is 6.37. The van der Waals surface area contributed by atoms with Crippen molar-refractivity contribution < 1.29 is 4.74 Å². The molecular formula is C12H14N6O. The van der Waals surface area contributed by atoms with Crippen molar-refractivity contribution in [1.82, 2.24) is 19.9 Å². The highest BCUT2D eigenvalue weighted by Gasteiger charge is 2.48. The van der Waals surface area contributed by atoms with Gasteiger partial charge in [0.25, 0.3) is 0 Å². The molecule has 2 N–H and O–H groups in total.